The SMILES string of the molecule is CCC(C)(C)C(=O)C(=O)N1CCCC[C@H]1C(=O)O[C@H](CCc1ccc(OC)c(OC)c1)c1cccc(NC(=O)CCC(=O)NCCCCNC(=O)COc2cccc3c2C(=O)N([C@H]2CCCC(=O)NC2=O)C3)c1. The predicted molar refractivity (Wildman–Crippen MR) is 267 cm³/mol. The highest BCUT2D eigenvalue weighted by molar-refractivity contribution is 6.38. The second kappa shape index (κ2) is 25.9. The van der Waals surface area contributed by atoms with E-state index in [1.54, 1.807) is 76.6 Å². The molecule has 3 aliphatic heterocycles. The maximum atomic E-state index is 14.1. The molecule has 0 aliphatic carbocycles. The number of carbonyl (C=O) groups is 9. The molecule has 0 bridgehead atoms. The number of amides is 7. The molecule has 3 atom stereocenters. The van der Waals surface area contributed by atoms with Crippen LogP contribution in [0.3, 0.4) is 0 Å². The number of hydrogen-bond acceptors (Lipinski definition) is 13. The molecule has 3 aromatic rings. The number of methoxy groups -OCH3 is 2. The molecule has 3 aromatic carbocycles. The maximum absolute atomic E-state index is 14.1. The number of carbonyl (C=O) groups excluding carboxylic acids is 9. The second-order valence-electron chi connectivity index (χ2n) is 19.1. The summed E-state index contributed by atoms with van der Waals surface area (Å²) in [4.78, 5) is 120. The molecule has 0 aromatic heterocycles. The van der Waals surface area contributed by atoms with Crippen molar-refractivity contribution in [3.8, 4) is 17.2 Å². The summed E-state index contributed by atoms with van der Waals surface area (Å²) >= 11 is 0. The van der Waals surface area contributed by atoms with E-state index in [1.807, 2.05) is 19.1 Å². The highest BCUT2D eigenvalue weighted by Gasteiger charge is 2.42. The minimum atomic E-state index is -0.937. The summed E-state index contributed by atoms with van der Waals surface area (Å²) in [6.45, 7) is 6.02. The first kappa shape index (κ1) is 55.0. The van der Waals surface area contributed by atoms with Gasteiger partial charge in [0.05, 0.1) is 19.8 Å². The third kappa shape index (κ3) is 14.7. The zero-order valence-electron chi connectivity index (χ0n) is 42.4. The summed E-state index contributed by atoms with van der Waals surface area (Å²) in [5.41, 5.74) is 1.98. The number of unbranched alkanes of at least 4 members (excludes halogenated alkanes) is 1. The van der Waals surface area contributed by atoms with Crippen molar-refractivity contribution >= 4 is 58.8 Å². The lowest BCUT2D eigenvalue weighted by Crippen LogP contribution is -2.53. The molecule has 2 saturated heterocycles. The standard InChI is InChI=1S/C54H68N6O13/c1-6-54(2,3)49(65)52(68)59-29-10-7-17-39(59)53(69)73-40(23-21-34-22-24-41(70-4)43(30-34)71-5)35-14-11-16-37(31-35)57-46(63)26-25-44(61)55-27-8-9-28-56-47(64)33-72-42-19-12-15-36-32-60(51(67)48(36)42)38-18-13-20-45(62)58-50(38)66/h11-12,14-16,19,22,24,30-31,38-40H,6-10,13,17-18,20-21,23,25-29,32-33H2,1-5H3,(H,55,61)(H,56,64)(H,57,63)(H,58,62,66)/t38-,39-,40+/m0/s1. The molecule has 73 heavy (non-hydrogen) atoms. The maximum Gasteiger partial charge on any atom is 0.329 e. The molecule has 19 heteroatoms. The molecule has 0 spiro atoms. The van der Waals surface area contributed by atoms with Gasteiger partial charge >= 0.3 is 5.97 Å². The number of hydrogen-bond donors (Lipinski definition) is 4. The lowest BCUT2D eigenvalue weighted by atomic mass is 9.84. The van der Waals surface area contributed by atoms with Crippen LogP contribution in [0.15, 0.2) is 60.7 Å². The lowest BCUT2D eigenvalue weighted by Gasteiger charge is -2.36. The van der Waals surface area contributed by atoms with Crippen LogP contribution in [-0.2, 0) is 56.1 Å². The van der Waals surface area contributed by atoms with Gasteiger partial charge in [-0.3, -0.25) is 43.7 Å². The molecule has 392 valence electrons. The molecular weight excluding hydrogens is 941 g/mol. The third-order valence-corrected chi connectivity index (χ3v) is 13.6. The van der Waals surface area contributed by atoms with Gasteiger partial charge in [-0.2, -0.15) is 0 Å². The van der Waals surface area contributed by atoms with Crippen molar-refractivity contribution in [1.82, 2.24) is 25.8 Å². The van der Waals surface area contributed by atoms with Gasteiger partial charge in [-0.15, -0.1) is 0 Å². The van der Waals surface area contributed by atoms with Crippen molar-refractivity contribution in [2.45, 2.75) is 129 Å². The smallest absolute Gasteiger partial charge is 0.329 e. The molecule has 4 N–H and O–H groups in total. The van der Waals surface area contributed by atoms with E-state index in [9.17, 15) is 43.2 Å². The van der Waals surface area contributed by atoms with Crippen molar-refractivity contribution in [3.63, 3.8) is 0 Å². The minimum absolute atomic E-state index is 0.0727. The number of fused-ring (bicyclic) bond motifs is 1. The van der Waals surface area contributed by atoms with E-state index in [0.29, 0.717) is 106 Å². The van der Waals surface area contributed by atoms with Crippen LogP contribution >= 0.6 is 0 Å². The quantitative estimate of drug-likeness (QED) is 0.0387. The van der Waals surface area contributed by atoms with Crippen LogP contribution in [0, 0.1) is 5.41 Å². The Bertz CT molecular complexity index is 2540. The second-order valence-corrected chi connectivity index (χ2v) is 19.1. The van der Waals surface area contributed by atoms with Crippen molar-refractivity contribution in [2.24, 2.45) is 5.41 Å². The molecule has 19 nitrogen and oxygen atoms in total. The first-order valence-electron chi connectivity index (χ1n) is 25.1. The summed E-state index contributed by atoms with van der Waals surface area (Å²) in [6, 6.07) is 15.8. The Hall–Kier alpha value is -7.31. The fraction of sp³-hybridized carbons (Fsp3) is 0.500. The largest absolute Gasteiger partial charge is 0.493 e. The Kier molecular flexibility index (Phi) is 19.5. The zero-order valence-corrected chi connectivity index (χ0v) is 42.4. The van der Waals surface area contributed by atoms with Crippen LogP contribution in [0.1, 0.15) is 131 Å². The first-order valence-corrected chi connectivity index (χ1v) is 25.1. The number of benzene rings is 3. The zero-order chi connectivity index (χ0) is 52.7. The van der Waals surface area contributed by atoms with Crippen LogP contribution in [0.2, 0.25) is 0 Å². The molecule has 7 amide bonds. The van der Waals surface area contributed by atoms with E-state index in [2.05, 4.69) is 21.3 Å². The van der Waals surface area contributed by atoms with E-state index >= 15 is 0 Å². The number of aryl methyl sites for hydroxylation is 1. The van der Waals surface area contributed by atoms with Gasteiger partial charge in [0.2, 0.25) is 29.4 Å². The summed E-state index contributed by atoms with van der Waals surface area (Å²) in [6.07, 6.45) is 4.11. The number of Topliss-reactive ketones (excluding diaryl/α,β-unsaturated/α-hetero) is 1. The van der Waals surface area contributed by atoms with E-state index in [-0.39, 0.29) is 62.1 Å². The molecule has 0 radical (unpaired) electrons. The Morgan fingerprint density at radius 1 is 0.808 bits per heavy atom. The third-order valence-electron chi connectivity index (χ3n) is 13.6. The van der Waals surface area contributed by atoms with Gasteiger partial charge in [-0.25, -0.2) is 4.79 Å². The number of ketones is 1. The van der Waals surface area contributed by atoms with Gasteiger partial charge in [-0.05, 0) is 111 Å². The molecular formula is C54H68N6O13. The fourth-order valence-corrected chi connectivity index (χ4v) is 8.99. The monoisotopic (exact) mass is 1010 g/mol. The number of nitrogens with zero attached hydrogens (tertiary/aromatic N) is 2. The van der Waals surface area contributed by atoms with Gasteiger partial charge in [0.1, 0.15) is 23.9 Å². The van der Waals surface area contributed by atoms with Crippen LogP contribution in [0.4, 0.5) is 5.69 Å². The van der Waals surface area contributed by atoms with Crippen molar-refractivity contribution in [1.29, 1.82) is 0 Å². The van der Waals surface area contributed by atoms with Crippen LogP contribution in [0.5, 0.6) is 17.2 Å². The lowest BCUT2D eigenvalue weighted by molar-refractivity contribution is -0.164. The molecule has 0 unspecified atom stereocenters. The molecule has 3 aliphatic rings. The highest BCUT2D eigenvalue weighted by atomic mass is 16.5. The number of rotatable bonds is 24. The number of nitrogens with one attached hydrogen (secondary N) is 4. The molecule has 0 saturated carbocycles. The van der Waals surface area contributed by atoms with Crippen LogP contribution < -0.4 is 35.5 Å². The Morgan fingerprint density at radius 3 is 2.27 bits per heavy atom. The summed E-state index contributed by atoms with van der Waals surface area (Å²) in [5, 5.41) is 10.7. The van der Waals surface area contributed by atoms with Crippen LogP contribution in [0.25, 0.3) is 0 Å². The number of imide groups is 1. The van der Waals surface area contributed by atoms with Crippen molar-refractivity contribution in [2.75, 3.05) is 45.8 Å². The highest BCUT2D eigenvalue weighted by Crippen LogP contribution is 2.35. The Labute approximate surface area is 425 Å². The van der Waals surface area contributed by atoms with E-state index in [0.717, 1.165) is 5.56 Å². The fourth-order valence-electron chi connectivity index (χ4n) is 8.99. The molecule has 6 rings (SSSR count). The van der Waals surface area contributed by atoms with Crippen molar-refractivity contribution < 1.29 is 62.1 Å². The first-order chi connectivity index (χ1) is 35.0. The van der Waals surface area contributed by atoms with Gasteiger partial charge in [0, 0.05) is 56.5 Å². The Balaban J connectivity index is 0.952. The number of piperidine rings is 1. The number of anilines is 1. The van der Waals surface area contributed by atoms with Gasteiger partial charge in [0.15, 0.2) is 18.1 Å². The Morgan fingerprint density at radius 2 is 1.53 bits per heavy atom. The van der Waals surface area contributed by atoms with E-state index < -0.39 is 64.9 Å². The normalized spacial score (nSPS) is 17.1. The summed E-state index contributed by atoms with van der Waals surface area (Å²) < 4.78 is 22.9. The van der Waals surface area contributed by atoms with E-state index in [1.165, 1.54) is 9.80 Å². The number of esters is 1. The summed E-state index contributed by atoms with van der Waals surface area (Å²) in [7, 11) is 3.09. The van der Waals surface area contributed by atoms with E-state index in [4.69, 9.17) is 18.9 Å². The number of ether oxygens (including phenoxy) is 4. The molecule has 2 fully saturated rings. The molecule has 3 heterocycles. The van der Waals surface area contributed by atoms with Gasteiger partial charge in [-0.1, -0.05) is 51.1 Å². The van der Waals surface area contributed by atoms with Gasteiger partial charge in [0.25, 0.3) is 17.7 Å². The van der Waals surface area contributed by atoms with Crippen molar-refractivity contribution in [3.05, 3.63) is 82.9 Å². The van der Waals surface area contributed by atoms with Gasteiger partial charge < -0.3 is 44.7 Å². The average molecular weight is 1010 g/mol. The number of likely N-dealkylation sites (tertiary alicyclic amines) is 1. The topological polar surface area (TPSA) is 245 Å². The predicted octanol–water partition coefficient (Wildman–Crippen LogP) is 5.27. The minimum Gasteiger partial charge on any atom is -0.493 e. The van der Waals surface area contributed by atoms with Crippen LogP contribution in [-0.4, -0.2) is 115 Å². The summed E-state index contributed by atoms with van der Waals surface area (Å²) in [5.74, 6) is -2.92. The average Bonchev–Trinajstić information content (AvgIpc) is 3.63.